The van der Waals surface area contributed by atoms with Gasteiger partial charge in [0.25, 0.3) is 5.91 Å². The van der Waals surface area contributed by atoms with Crippen LogP contribution in [0.15, 0.2) is 77.6 Å². The molecule has 7 rings (SSSR count). The number of benzene rings is 2. The number of aromatic nitrogens is 3. The van der Waals surface area contributed by atoms with Gasteiger partial charge in [-0.1, -0.05) is 48.5 Å². The van der Waals surface area contributed by atoms with Crippen LogP contribution in [0.3, 0.4) is 0 Å². The summed E-state index contributed by atoms with van der Waals surface area (Å²) in [7, 11) is 0. The molecule has 0 spiro atoms. The third kappa shape index (κ3) is 4.80. The molecule has 0 saturated carbocycles. The smallest absolute Gasteiger partial charge is 0.270 e. The Balaban J connectivity index is 1.07. The molecule has 5 heterocycles. The molecular weight excluding hydrogens is 510 g/mol. The Morgan fingerprint density at radius 2 is 1.61 bits per heavy atom. The van der Waals surface area contributed by atoms with Crippen molar-refractivity contribution in [1.82, 2.24) is 24.3 Å². The van der Waals surface area contributed by atoms with Crippen molar-refractivity contribution in [1.29, 1.82) is 0 Å². The lowest BCUT2D eigenvalue weighted by molar-refractivity contribution is 0.0602. The molecule has 3 aliphatic heterocycles. The number of nitrogens with zero attached hydrogens (tertiary/aromatic N) is 4. The number of carbonyl (C=O) groups excluding carboxylic acids is 1. The van der Waals surface area contributed by atoms with E-state index in [1.807, 2.05) is 4.90 Å². The van der Waals surface area contributed by atoms with Crippen LogP contribution in [-0.4, -0.2) is 62.0 Å². The van der Waals surface area contributed by atoms with Gasteiger partial charge in [-0.3, -0.25) is 14.5 Å². The lowest BCUT2D eigenvalue weighted by Crippen LogP contribution is -2.49. The van der Waals surface area contributed by atoms with Gasteiger partial charge in [-0.2, -0.15) is 0 Å². The minimum atomic E-state index is -0.235. The number of piperidine rings is 2. The number of carbonyl (C=O) groups is 1. The summed E-state index contributed by atoms with van der Waals surface area (Å²) >= 11 is 0. The molecule has 2 bridgehead atoms. The topological polar surface area (TPSA) is 74.2 Å². The molecular formula is C34H39N5O2. The van der Waals surface area contributed by atoms with Gasteiger partial charge in [-0.05, 0) is 87.6 Å². The first kappa shape index (κ1) is 26.2. The van der Waals surface area contributed by atoms with Gasteiger partial charge in [0.15, 0.2) is 0 Å². The van der Waals surface area contributed by atoms with Crippen LogP contribution in [0.2, 0.25) is 0 Å². The van der Waals surface area contributed by atoms with Crippen LogP contribution in [0.1, 0.15) is 72.9 Å². The average Bonchev–Trinajstić information content (AvgIpc) is 3.46. The van der Waals surface area contributed by atoms with Crippen LogP contribution in [-0.2, 0) is 5.41 Å². The molecule has 0 radical (unpaired) electrons. The zero-order chi connectivity index (χ0) is 28.0. The van der Waals surface area contributed by atoms with E-state index in [1.165, 1.54) is 42.8 Å². The van der Waals surface area contributed by atoms with Crippen LogP contribution in [0.5, 0.6) is 0 Å². The first-order chi connectivity index (χ1) is 20.0. The number of likely N-dealkylation sites (tertiary alicyclic amines) is 1. The Kier molecular flexibility index (Phi) is 6.78. The second-order valence-electron chi connectivity index (χ2n) is 12.4. The van der Waals surface area contributed by atoms with Gasteiger partial charge in [0.1, 0.15) is 11.5 Å². The monoisotopic (exact) mass is 549 g/mol. The maximum atomic E-state index is 13.2. The normalized spacial score (nSPS) is 24.1. The number of imidazole rings is 1. The van der Waals surface area contributed by atoms with E-state index in [-0.39, 0.29) is 16.9 Å². The van der Waals surface area contributed by atoms with Crippen LogP contribution in [0.25, 0.3) is 11.0 Å². The molecule has 3 saturated heterocycles. The number of para-hydroxylation sites is 2. The highest BCUT2D eigenvalue weighted by molar-refractivity contribution is 5.92. The fraction of sp³-hybridized carbons (Fsp3) is 0.441. The molecule has 7 heteroatoms. The summed E-state index contributed by atoms with van der Waals surface area (Å²) in [5, 5.41) is 0. The third-order valence-corrected chi connectivity index (χ3v) is 10.2. The predicted octanol–water partition coefficient (Wildman–Crippen LogP) is 5.47. The van der Waals surface area contributed by atoms with Crippen molar-refractivity contribution in [3.63, 3.8) is 0 Å². The van der Waals surface area contributed by atoms with E-state index in [9.17, 15) is 9.59 Å². The molecule has 3 atom stereocenters. The van der Waals surface area contributed by atoms with Crippen molar-refractivity contribution in [2.45, 2.75) is 75.4 Å². The van der Waals surface area contributed by atoms with Gasteiger partial charge in [-0.15, -0.1) is 0 Å². The average molecular weight is 550 g/mol. The highest BCUT2D eigenvalue weighted by Crippen LogP contribution is 2.45. The SMILES string of the molecule is Cc1nc2ccccc2n1C1C[C@H]2CC[C@@H](C1)N2CCC1(c2ccccc2)CCN(C(=O)c2cccc(=O)[nH]2)CC1. The Labute approximate surface area is 241 Å². The lowest BCUT2D eigenvalue weighted by atomic mass is 9.70. The molecule has 7 nitrogen and oxygen atoms in total. The minimum Gasteiger partial charge on any atom is -0.337 e. The fourth-order valence-electron chi connectivity index (χ4n) is 8.15. The molecule has 2 aromatic carbocycles. The zero-order valence-electron chi connectivity index (χ0n) is 23.8. The quantitative estimate of drug-likeness (QED) is 0.346. The van der Waals surface area contributed by atoms with Crippen LogP contribution >= 0.6 is 0 Å². The Morgan fingerprint density at radius 1 is 0.902 bits per heavy atom. The maximum Gasteiger partial charge on any atom is 0.270 e. The number of pyridine rings is 1. The van der Waals surface area contributed by atoms with Crippen molar-refractivity contribution >= 4 is 16.9 Å². The highest BCUT2D eigenvalue weighted by Gasteiger charge is 2.44. The standard InChI is InChI=1S/C34H39N5O2/c1-24-35-29-10-5-6-12-31(29)39(24)28-22-26-14-15-27(23-28)38(26)21-18-34(25-8-3-2-4-9-25)16-19-37(20-17-34)33(41)30-11-7-13-32(40)36-30/h2-13,26-28H,14-23H2,1H3,(H,36,40)/t26-,27+,28?. The first-order valence-electron chi connectivity index (χ1n) is 15.2. The summed E-state index contributed by atoms with van der Waals surface area (Å²) in [4.78, 5) is 37.3. The molecule has 1 amide bonds. The number of H-pyrrole nitrogens is 1. The van der Waals surface area contributed by atoms with Crippen LogP contribution < -0.4 is 5.56 Å². The Morgan fingerprint density at radius 3 is 2.34 bits per heavy atom. The highest BCUT2D eigenvalue weighted by atomic mass is 16.2. The Hall–Kier alpha value is -3.71. The number of rotatable bonds is 6. The maximum absolute atomic E-state index is 13.2. The second kappa shape index (κ2) is 10.6. The van der Waals surface area contributed by atoms with Crippen molar-refractivity contribution in [2.75, 3.05) is 19.6 Å². The lowest BCUT2D eigenvalue weighted by Gasteiger charge is -2.45. The number of aryl methyl sites for hydroxylation is 1. The predicted molar refractivity (Wildman–Crippen MR) is 161 cm³/mol. The summed E-state index contributed by atoms with van der Waals surface area (Å²) in [5.74, 6) is 1.06. The van der Waals surface area contributed by atoms with E-state index < -0.39 is 0 Å². The fourth-order valence-corrected chi connectivity index (χ4v) is 8.15. The number of hydrogen-bond acceptors (Lipinski definition) is 4. The number of fused-ring (bicyclic) bond motifs is 3. The summed E-state index contributed by atoms with van der Waals surface area (Å²) in [6.07, 6.45) is 7.91. The van der Waals surface area contributed by atoms with Gasteiger partial charge in [0, 0.05) is 37.3 Å². The molecule has 212 valence electrons. The molecule has 3 fully saturated rings. The van der Waals surface area contributed by atoms with Gasteiger partial charge in [0.05, 0.1) is 11.0 Å². The van der Waals surface area contributed by atoms with Crippen molar-refractivity contribution < 1.29 is 4.79 Å². The summed E-state index contributed by atoms with van der Waals surface area (Å²) in [5.41, 5.74) is 3.96. The van der Waals surface area contributed by atoms with Gasteiger partial charge in [0.2, 0.25) is 5.56 Å². The van der Waals surface area contributed by atoms with Crippen molar-refractivity contribution in [3.8, 4) is 0 Å². The Bertz CT molecular complexity index is 1590. The van der Waals surface area contributed by atoms with Crippen LogP contribution in [0.4, 0.5) is 0 Å². The molecule has 0 aliphatic carbocycles. The van der Waals surface area contributed by atoms with E-state index >= 15 is 0 Å². The number of hydrogen-bond donors (Lipinski definition) is 1. The molecule has 2 aromatic heterocycles. The minimum absolute atomic E-state index is 0.0512. The molecule has 3 aliphatic rings. The second-order valence-corrected chi connectivity index (χ2v) is 12.4. The summed E-state index contributed by atoms with van der Waals surface area (Å²) in [6, 6.07) is 26.0. The van der Waals surface area contributed by atoms with Gasteiger partial charge in [-0.25, -0.2) is 4.98 Å². The number of amides is 1. The van der Waals surface area contributed by atoms with E-state index in [0.717, 1.165) is 37.1 Å². The van der Waals surface area contributed by atoms with Crippen molar-refractivity contribution in [3.05, 3.63) is 100 Å². The molecule has 41 heavy (non-hydrogen) atoms. The molecule has 1 unspecified atom stereocenters. The van der Waals surface area contributed by atoms with E-state index in [0.29, 0.717) is 36.9 Å². The van der Waals surface area contributed by atoms with E-state index in [1.54, 1.807) is 12.1 Å². The van der Waals surface area contributed by atoms with E-state index in [4.69, 9.17) is 4.98 Å². The number of aromatic amines is 1. The third-order valence-electron chi connectivity index (χ3n) is 10.2. The number of nitrogens with one attached hydrogen (secondary N) is 1. The zero-order valence-corrected chi connectivity index (χ0v) is 23.8. The molecule has 4 aromatic rings. The first-order valence-corrected chi connectivity index (χ1v) is 15.2. The molecule has 1 N–H and O–H groups in total. The van der Waals surface area contributed by atoms with Crippen LogP contribution in [0, 0.1) is 6.92 Å². The summed E-state index contributed by atoms with van der Waals surface area (Å²) in [6.45, 7) is 4.66. The van der Waals surface area contributed by atoms with Gasteiger partial charge >= 0.3 is 0 Å². The summed E-state index contributed by atoms with van der Waals surface area (Å²) < 4.78 is 2.51. The largest absolute Gasteiger partial charge is 0.337 e. The van der Waals surface area contributed by atoms with Crippen molar-refractivity contribution in [2.24, 2.45) is 0 Å². The van der Waals surface area contributed by atoms with Gasteiger partial charge < -0.3 is 14.5 Å². The van der Waals surface area contributed by atoms with E-state index in [2.05, 4.69) is 76.0 Å².